The molecule has 1 amide bonds. The maximum atomic E-state index is 11.8. The molecular weight excluding hydrogens is 268 g/mol. The molecule has 118 valence electrons. The van der Waals surface area contributed by atoms with E-state index in [2.05, 4.69) is 15.7 Å². The van der Waals surface area contributed by atoms with Gasteiger partial charge >= 0.3 is 6.09 Å². The van der Waals surface area contributed by atoms with Gasteiger partial charge in [-0.15, -0.1) is 0 Å². The molecule has 1 aromatic rings. The van der Waals surface area contributed by atoms with E-state index in [1.165, 1.54) is 0 Å². The van der Waals surface area contributed by atoms with Crippen molar-refractivity contribution in [2.75, 3.05) is 5.32 Å². The molecule has 1 aliphatic carbocycles. The molecule has 6 heteroatoms. The maximum Gasteiger partial charge on any atom is 0.407 e. The van der Waals surface area contributed by atoms with Crippen molar-refractivity contribution in [3.63, 3.8) is 0 Å². The average molecular weight is 294 g/mol. The molecule has 1 aliphatic rings. The molecule has 6 nitrogen and oxygen atoms in total. The second-order valence-electron chi connectivity index (χ2n) is 6.73. The van der Waals surface area contributed by atoms with E-state index in [-0.39, 0.29) is 12.1 Å². The van der Waals surface area contributed by atoms with Crippen LogP contribution in [0.4, 0.5) is 10.6 Å². The lowest BCUT2D eigenvalue weighted by Gasteiger charge is -2.31. The number of rotatable bonds is 3. The molecule has 2 N–H and O–H groups in total. The van der Waals surface area contributed by atoms with E-state index in [1.54, 1.807) is 4.68 Å². The van der Waals surface area contributed by atoms with Gasteiger partial charge in [-0.3, -0.25) is 4.68 Å². The predicted octanol–water partition coefficient (Wildman–Crippen LogP) is 2.67. The van der Waals surface area contributed by atoms with Crippen LogP contribution in [-0.2, 0) is 11.8 Å². The van der Waals surface area contributed by atoms with Crippen molar-refractivity contribution in [1.82, 2.24) is 15.1 Å². The molecule has 1 saturated carbocycles. The summed E-state index contributed by atoms with van der Waals surface area (Å²) in [6.07, 6.45) is 5.68. The van der Waals surface area contributed by atoms with Gasteiger partial charge in [0, 0.05) is 31.4 Å². The van der Waals surface area contributed by atoms with E-state index in [4.69, 9.17) is 4.74 Å². The van der Waals surface area contributed by atoms with Crippen molar-refractivity contribution in [1.29, 1.82) is 0 Å². The second-order valence-corrected chi connectivity index (χ2v) is 6.73. The Hall–Kier alpha value is -1.72. The van der Waals surface area contributed by atoms with Crippen molar-refractivity contribution < 1.29 is 9.53 Å². The van der Waals surface area contributed by atoms with Crippen molar-refractivity contribution in [3.05, 3.63) is 12.3 Å². The van der Waals surface area contributed by atoms with Crippen LogP contribution in [0.15, 0.2) is 12.3 Å². The predicted molar refractivity (Wildman–Crippen MR) is 82.2 cm³/mol. The Kier molecular flexibility index (Phi) is 4.75. The third kappa shape index (κ3) is 5.28. The Labute approximate surface area is 126 Å². The monoisotopic (exact) mass is 294 g/mol. The van der Waals surface area contributed by atoms with Crippen LogP contribution >= 0.6 is 0 Å². The Bertz CT molecular complexity index is 478. The molecule has 1 fully saturated rings. The minimum atomic E-state index is -0.454. The molecule has 1 heterocycles. The van der Waals surface area contributed by atoms with Gasteiger partial charge in [0.2, 0.25) is 0 Å². The van der Waals surface area contributed by atoms with E-state index in [0.717, 1.165) is 31.5 Å². The van der Waals surface area contributed by atoms with E-state index in [0.29, 0.717) is 6.04 Å². The molecule has 0 aliphatic heterocycles. The molecule has 1 aromatic heterocycles. The standard InChI is InChI=1S/C15H26N4O2/c1-15(2,3)21-14(20)17-12-7-5-6-11(10-12)16-13-8-9-19(4)18-13/h8-9,11-12H,5-7,10H2,1-4H3,(H,16,18)(H,17,20). The molecule has 0 saturated heterocycles. The number of anilines is 1. The number of hydrogen-bond donors (Lipinski definition) is 2. The first-order chi connectivity index (χ1) is 9.82. The van der Waals surface area contributed by atoms with Gasteiger partial charge in [-0.05, 0) is 46.5 Å². The van der Waals surface area contributed by atoms with Gasteiger partial charge in [0.1, 0.15) is 11.4 Å². The van der Waals surface area contributed by atoms with Crippen LogP contribution in [0.2, 0.25) is 0 Å². The number of nitrogens with zero attached hydrogens (tertiary/aromatic N) is 2. The zero-order chi connectivity index (χ0) is 15.5. The van der Waals surface area contributed by atoms with Crippen LogP contribution < -0.4 is 10.6 Å². The SMILES string of the molecule is Cn1ccc(NC2CCCC(NC(=O)OC(C)(C)C)C2)n1. The summed E-state index contributed by atoms with van der Waals surface area (Å²) in [5, 5.41) is 10.7. The zero-order valence-corrected chi connectivity index (χ0v) is 13.3. The Morgan fingerprint density at radius 2 is 2.10 bits per heavy atom. The first-order valence-electron chi connectivity index (χ1n) is 7.57. The number of aryl methyl sites for hydroxylation is 1. The quantitative estimate of drug-likeness (QED) is 0.899. The van der Waals surface area contributed by atoms with Crippen LogP contribution in [0.1, 0.15) is 46.5 Å². The molecule has 21 heavy (non-hydrogen) atoms. The van der Waals surface area contributed by atoms with E-state index < -0.39 is 5.60 Å². The molecule has 0 bridgehead atoms. The van der Waals surface area contributed by atoms with E-state index in [1.807, 2.05) is 40.1 Å². The fourth-order valence-electron chi connectivity index (χ4n) is 2.63. The summed E-state index contributed by atoms with van der Waals surface area (Å²) in [6.45, 7) is 5.62. The fourth-order valence-corrected chi connectivity index (χ4v) is 2.63. The molecule has 2 atom stereocenters. The summed E-state index contributed by atoms with van der Waals surface area (Å²) in [6, 6.07) is 2.47. The fraction of sp³-hybridized carbons (Fsp3) is 0.733. The summed E-state index contributed by atoms with van der Waals surface area (Å²) in [4.78, 5) is 11.8. The van der Waals surface area contributed by atoms with E-state index >= 15 is 0 Å². The van der Waals surface area contributed by atoms with Gasteiger partial charge in [0.15, 0.2) is 0 Å². The molecule has 0 radical (unpaired) electrons. The summed E-state index contributed by atoms with van der Waals surface area (Å²) in [5.41, 5.74) is -0.454. The Balaban J connectivity index is 1.82. The number of ether oxygens (including phenoxy) is 1. The minimum absolute atomic E-state index is 0.162. The van der Waals surface area contributed by atoms with Crippen LogP contribution in [0.25, 0.3) is 0 Å². The lowest BCUT2D eigenvalue weighted by molar-refractivity contribution is 0.0492. The zero-order valence-electron chi connectivity index (χ0n) is 13.3. The number of hydrogen-bond acceptors (Lipinski definition) is 4. The number of nitrogens with one attached hydrogen (secondary N) is 2. The van der Waals surface area contributed by atoms with Gasteiger partial charge in [-0.25, -0.2) is 4.79 Å². The summed E-state index contributed by atoms with van der Waals surface area (Å²) < 4.78 is 7.09. The van der Waals surface area contributed by atoms with Crippen molar-refractivity contribution >= 4 is 11.9 Å². The smallest absolute Gasteiger partial charge is 0.407 e. The van der Waals surface area contributed by atoms with Gasteiger partial charge in [-0.2, -0.15) is 5.10 Å². The first kappa shape index (κ1) is 15.7. The van der Waals surface area contributed by atoms with Gasteiger partial charge in [0.25, 0.3) is 0 Å². The lowest BCUT2D eigenvalue weighted by atomic mass is 9.91. The average Bonchev–Trinajstić information content (AvgIpc) is 2.72. The van der Waals surface area contributed by atoms with Gasteiger partial charge in [-0.1, -0.05) is 0 Å². The highest BCUT2D eigenvalue weighted by Gasteiger charge is 2.25. The third-order valence-corrected chi connectivity index (χ3v) is 3.46. The number of alkyl carbamates (subject to hydrolysis) is 1. The number of carbonyl (C=O) groups excluding carboxylic acids is 1. The van der Waals surface area contributed by atoms with Crippen LogP contribution in [0.3, 0.4) is 0 Å². The number of amides is 1. The Morgan fingerprint density at radius 3 is 2.71 bits per heavy atom. The number of carbonyl (C=O) groups is 1. The van der Waals surface area contributed by atoms with Crippen LogP contribution in [0.5, 0.6) is 0 Å². The largest absolute Gasteiger partial charge is 0.444 e. The number of aromatic nitrogens is 2. The minimum Gasteiger partial charge on any atom is -0.444 e. The molecule has 2 unspecified atom stereocenters. The summed E-state index contributed by atoms with van der Waals surface area (Å²) in [5.74, 6) is 0.889. The lowest BCUT2D eigenvalue weighted by Crippen LogP contribution is -2.43. The third-order valence-electron chi connectivity index (χ3n) is 3.46. The highest BCUT2D eigenvalue weighted by molar-refractivity contribution is 5.68. The molecule has 0 spiro atoms. The topological polar surface area (TPSA) is 68.2 Å². The van der Waals surface area contributed by atoms with E-state index in [9.17, 15) is 4.79 Å². The van der Waals surface area contributed by atoms with Crippen molar-refractivity contribution in [2.45, 2.75) is 64.1 Å². The summed E-state index contributed by atoms with van der Waals surface area (Å²) >= 11 is 0. The molecular formula is C15H26N4O2. The normalized spacial score (nSPS) is 22.7. The molecule has 0 aromatic carbocycles. The highest BCUT2D eigenvalue weighted by Crippen LogP contribution is 2.22. The van der Waals surface area contributed by atoms with Gasteiger partial charge in [0.05, 0.1) is 0 Å². The molecule has 2 rings (SSSR count). The van der Waals surface area contributed by atoms with Crippen LogP contribution in [-0.4, -0.2) is 33.6 Å². The first-order valence-corrected chi connectivity index (χ1v) is 7.57. The Morgan fingerprint density at radius 1 is 1.38 bits per heavy atom. The second kappa shape index (κ2) is 6.37. The van der Waals surface area contributed by atoms with Gasteiger partial charge < -0.3 is 15.4 Å². The van der Waals surface area contributed by atoms with Crippen LogP contribution in [0, 0.1) is 0 Å². The van der Waals surface area contributed by atoms with Crippen molar-refractivity contribution in [3.8, 4) is 0 Å². The summed E-state index contributed by atoms with van der Waals surface area (Å²) in [7, 11) is 1.90. The maximum absolute atomic E-state index is 11.8. The highest BCUT2D eigenvalue weighted by atomic mass is 16.6. The van der Waals surface area contributed by atoms with Crippen molar-refractivity contribution in [2.24, 2.45) is 7.05 Å².